The number of Topliss-reactive ketones (excluding diaryl/α,β-unsaturated/α-hetero) is 1. The van der Waals surface area contributed by atoms with Gasteiger partial charge in [0.2, 0.25) is 0 Å². The van der Waals surface area contributed by atoms with Crippen molar-refractivity contribution in [2.45, 2.75) is 45.6 Å². The Kier molecular flexibility index (Phi) is 4.02. The van der Waals surface area contributed by atoms with Gasteiger partial charge in [0.05, 0.1) is 5.54 Å². The third kappa shape index (κ3) is 2.99. The lowest BCUT2D eigenvalue weighted by atomic mass is 9.85. The van der Waals surface area contributed by atoms with Crippen LogP contribution in [0.3, 0.4) is 0 Å². The summed E-state index contributed by atoms with van der Waals surface area (Å²) in [5.41, 5.74) is 1.69. The summed E-state index contributed by atoms with van der Waals surface area (Å²) in [5.74, 6) is 0.160. The second-order valence-electron chi connectivity index (χ2n) is 6.61. The third-order valence-electron chi connectivity index (χ3n) is 3.69. The molecule has 0 aliphatic rings. The van der Waals surface area contributed by atoms with Crippen LogP contribution in [-0.4, -0.2) is 30.3 Å². The fourth-order valence-corrected chi connectivity index (χ4v) is 1.68. The Morgan fingerprint density at radius 3 is 1.72 bits per heavy atom. The highest BCUT2D eigenvalue weighted by Gasteiger charge is 2.30. The number of carbonyl (C=O) groups is 1. The van der Waals surface area contributed by atoms with Gasteiger partial charge in [0.1, 0.15) is 0 Å². The quantitative estimate of drug-likeness (QED) is 0.762. The van der Waals surface area contributed by atoms with Gasteiger partial charge in [-0.3, -0.25) is 9.69 Å². The second-order valence-corrected chi connectivity index (χ2v) is 6.61. The Bertz CT molecular complexity index is 421. The Hall–Kier alpha value is -1.15. The molecule has 0 atom stereocenters. The molecule has 0 bridgehead atoms. The van der Waals surface area contributed by atoms with E-state index >= 15 is 0 Å². The molecule has 0 amide bonds. The van der Waals surface area contributed by atoms with Crippen molar-refractivity contribution in [1.82, 2.24) is 4.90 Å². The number of nitrogens with zero attached hydrogens (tertiary/aromatic N) is 1. The van der Waals surface area contributed by atoms with Crippen LogP contribution in [0.4, 0.5) is 0 Å². The molecule has 0 N–H and O–H groups in total. The van der Waals surface area contributed by atoms with Crippen LogP contribution in [0.1, 0.15) is 50.5 Å². The molecule has 0 aromatic heterocycles. The second kappa shape index (κ2) is 4.85. The zero-order valence-electron chi connectivity index (χ0n) is 12.7. The van der Waals surface area contributed by atoms with E-state index in [9.17, 15) is 4.79 Å². The van der Waals surface area contributed by atoms with E-state index < -0.39 is 5.54 Å². The maximum Gasteiger partial charge on any atom is 0.182 e. The van der Waals surface area contributed by atoms with Crippen LogP contribution < -0.4 is 0 Å². The van der Waals surface area contributed by atoms with Gasteiger partial charge in [0.25, 0.3) is 0 Å². The van der Waals surface area contributed by atoms with Crippen LogP contribution in [0, 0.1) is 0 Å². The van der Waals surface area contributed by atoms with E-state index in [1.54, 1.807) is 0 Å². The number of hydrogen-bond donors (Lipinski definition) is 0. The SMILES string of the molecule is CN(C)C(C)(C)C(=O)c1ccc(C(C)(C)C)cc1. The summed E-state index contributed by atoms with van der Waals surface area (Å²) < 4.78 is 0. The lowest BCUT2D eigenvalue weighted by Crippen LogP contribution is -2.45. The first-order chi connectivity index (χ1) is 8.06. The monoisotopic (exact) mass is 247 g/mol. The zero-order valence-corrected chi connectivity index (χ0v) is 12.7. The van der Waals surface area contributed by atoms with Crippen LogP contribution in [0.25, 0.3) is 0 Å². The Balaban J connectivity index is 3.03. The summed E-state index contributed by atoms with van der Waals surface area (Å²) in [6.45, 7) is 10.4. The summed E-state index contributed by atoms with van der Waals surface area (Å²) in [5, 5.41) is 0. The van der Waals surface area contributed by atoms with Crippen molar-refractivity contribution in [2.24, 2.45) is 0 Å². The van der Waals surface area contributed by atoms with Crippen LogP contribution in [0.5, 0.6) is 0 Å². The predicted octanol–water partition coefficient (Wildman–Crippen LogP) is 3.51. The Morgan fingerprint density at radius 2 is 1.39 bits per heavy atom. The standard InChI is InChI=1S/C16H25NO/c1-15(2,3)13-10-8-12(9-11-13)14(18)16(4,5)17(6)7/h8-11H,1-7H3. The van der Waals surface area contributed by atoms with Crippen molar-refractivity contribution in [3.63, 3.8) is 0 Å². The molecule has 0 saturated heterocycles. The van der Waals surface area contributed by atoms with E-state index in [1.165, 1.54) is 5.56 Å². The number of carbonyl (C=O) groups excluding carboxylic acids is 1. The maximum atomic E-state index is 12.4. The molecule has 1 aromatic carbocycles. The largest absolute Gasteiger partial charge is 0.297 e. The first kappa shape index (κ1) is 14.9. The minimum Gasteiger partial charge on any atom is -0.297 e. The summed E-state index contributed by atoms with van der Waals surface area (Å²) in [7, 11) is 3.86. The Morgan fingerprint density at radius 1 is 0.944 bits per heavy atom. The van der Waals surface area contributed by atoms with Gasteiger partial charge in [0.15, 0.2) is 5.78 Å². The van der Waals surface area contributed by atoms with Gasteiger partial charge in [-0.25, -0.2) is 0 Å². The van der Waals surface area contributed by atoms with Crippen molar-refractivity contribution in [1.29, 1.82) is 0 Å². The third-order valence-corrected chi connectivity index (χ3v) is 3.69. The molecule has 0 spiro atoms. The number of likely N-dealkylation sites (N-methyl/N-ethyl adjacent to an activating group) is 1. The number of hydrogen-bond acceptors (Lipinski definition) is 2. The molecule has 1 aromatic rings. The molecule has 0 saturated carbocycles. The normalized spacial score (nSPS) is 12.9. The molecule has 2 nitrogen and oxygen atoms in total. The highest BCUT2D eigenvalue weighted by atomic mass is 16.1. The van der Waals surface area contributed by atoms with E-state index in [0.717, 1.165) is 5.56 Å². The fourth-order valence-electron chi connectivity index (χ4n) is 1.68. The summed E-state index contributed by atoms with van der Waals surface area (Å²) >= 11 is 0. The smallest absolute Gasteiger partial charge is 0.182 e. The first-order valence-electron chi connectivity index (χ1n) is 6.39. The molecule has 0 fully saturated rings. The van der Waals surface area contributed by atoms with E-state index in [-0.39, 0.29) is 11.2 Å². The van der Waals surface area contributed by atoms with Gasteiger partial charge >= 0.3 is 0 Å². The van der Waals surface area contributed by atoms with Gasteiger partial charge < -0.3 is 0 Å². The summed E-state index contributed by atoms with van der Waals surface area (Å²) in [4.78, 5) is 14.4. The molecule has 0 radical (unpaired) electrons. The van der Waals surface area contributed by atoms with Crippen molar-refractivity contribution < 1.29 is 4.79 Å². The van der Waals surface area contributed by atoms with Gasteiger partial charge in [-0.05, 0) is 38.9 Å². The molecule has 0 aliphatic carbocycles. The zero-order chi connectivity index (χ0) is 14.1. The molecule has 0 aliphatic heterocycles. The highest BCUT2D eigenvalue weighted by Crippen LogP contribution is 2.24. The van der Waals surface area contributed by atoms with Crippen LogP contribution in [0.15, 0.2) is 24.3 Å². The summed E-state index contributed by atoms with van der Waals surface area (Å²) in [6.07, 6.45) is 0. The number of rotatable bonds is 3. The van der Waals surface area contributed by atoms with Crippen molar-refractivity contribution >= 4 is 5.78 Å². The predicted molar refractivity (Wildman–Crippen MR) is 77.2 cm³/mol. The number of benzene rings is 1. The van der Waals surface area contributed by atoms with E-state index in [0.29, 0.717) is 0 Å². The van der Waals surface area contributed by atoms with Gasteiger partial charge in [-0.15, -0.1) is 0 Å². The van der Waals surface area contributed by atoms with E-state index in [4.69, 9.17) is 0 Å². The van der Waals surface area contributed by atoms with Crippen molar-refractivity contribution in [3.05, 3.63) is 35.4 Å². The van der Waals surface area contributed by atoms with E-state index in [1.807, 2.05) is 45.0 Å². The lowest BCUT2D eigenvalue weighted by molar-refractivity contribution is 0.0755. The minimum atomic E-state index is -0.469. The molecule has 0 heterocycles. The fraction of sp³-hybridized carbons (Fsp3) is 0.562. The molecule has 18 heavy (non-hydrogen) atoms. The van der Waals surface area contributed by atoms with Gasteiger partial charge in [0, 0.05) is 5.56 Å². The summed E-state index contributed by atoms with van der Waals surface area (Å²) in [6, 6.07) is 7.99. The topological polar surface area (TPSA) is 20.3 Å². The molecule has 0 unspecified atom stereocenters. The van der Waals surface area contributed by atoms with Crippen molar-refractivity contribution in [2.75, 3.05) is 14.1 Å². The minimum absolute atomic E-state index is 0.124. The maximum absolute atomic E-state index is 12.4. The van der Waals surface area contributed by atoms with E-state index in [2.05, 4.69) is 32.9 Å². The van der Waals surface area contributed by atoms with Crippen LogP contribution in [0.2, 0.25) is 0 Å². The molecule has 1 rings (SSSR count). The molecular formula is C16H25NO. The van der Waals surface area contributed by atoms with Crippen molar-refractivity contribution in [3.8, 4) is 0 Å². The molecule has 2 heteroatoms. The first-order valence-corrected chi connectivity index (χ1v) is 6.39. The Labute approximate surface area is 111 Å². The lowest BCUT2D eigenvalue weighted by Gasteiger charge is -2.31. The number of ketones is 1. The van der Waals surface area contributed by atoms with Gasteiger partial charge in [-0.1, -0.05) is 45.0 Å². The van der Waals surface area contributed by atoms with Gasteiger partial charge in [-0.2, -0.15) is 0 Å². The average Bonchev–Trinajstić information content (AvgIpc) is 2.26. The average molecular weight is 247 g/mol. The molecular weight excluding hydrogens is 222 g/mol. The molecule has 100 valence electrons. The highest BCUT2D eigenvalue weighted by molar-refractivity contribution is 6.02. The van der Waals surface area contributed by atoms with Crippen LogP contribution >= 0.6 is 0 Å². The van der Waals surface area contributed by atoms with Crippen LogP contribution in [-0.2, 0) is 5.41 Å².